The Balaban J connectivity index is 1.65. The zero-order valence-corrected chi connectivity index (χ0v) is 15.9. The van der Waals surface area contributed by atoms with Crippen LogP contribution in [0, 0.1) is 0 Å². The number of halogens is 1. The molecular formula is C21H22ClN3O2. The molecule has 1 aromatic heterocycles. The lowest BCUT2D eigenvalue weighted by molar-refractivity contribution is -0.124. The molecule has 1 fully saturated rings. The first kappa shape index (κ1) is 18.0. The standard InChI is InChI=1S/C21H22ClN3O2/c1-14(21(26)23-13-17-8-5-11-27-17)25-19-10-9-16(22)12-18(19)20(24-25)15-6-3-2-4-7-15/h2-4,6-7,9-10,12,14,17H,5,8,11,13H2,1H3,(H,23,26)/t14-,17+/m1/s1. The van der Waals surface area contributed by atoms with E-state index in [0.29, 0.717) is 11.6 Å². The number of hydrogen-bond donors (Lipinski definition) is 1. The van der Waals surface area contributed by atoms with Crippen LogP contribution in [0.4, 0.5) is 0 Å². The zero-order chi connectivity index (χ0) is 18.8. The number of carbonyl (C=O) groups is 1. The normalized spacial score (nSPS) is 17.9. The molecule has 1 aliphatic heterocycles. The second-order valence-electron chi connectivity index (χ2n) is 6.88. The van der Waals surface area contributed by atoms with Gasteiger partial charge in [-0.05, 0) is 38.0 Å². The van der Waals surface area contributed by atoms with E-state index in [2.05, 4.69) is 5.32 Å². The van der Waals surface area contributed by atoms with Crippen molar-refractivity contribution in [3.8, 4) is 11.3 Å². The van der Waals surface area contributed by atoms with Crippen LogP contribution in [0.3, 0.4) is 0 Å². The third-order valence-corrected chi connectivity index (χ3v) is 5.22. The molecule has 5 nitrogen and oxygen atoms in total. The highest BCUT2D eigenvalue weighted by atomic mass is 35.5. The largest absolute Gasteiger partial charge is 0.376 e. The molecule has 0 radical (unpaired) electrons. The fraction of sp³-hybridized carbons (Fsp3) is 0.333. The summed E-state index contributed by atoms with van der Waals surface area (Å²) in [5.74, 6) is -0.0653. The molecule has 27 heavy (non-hydrogen) atoms. The van der Waals surface area contributed by atoms with Gasteiger partial charge in [0.15, 0.2) is 0 Å². The molecule has 1 aliphatic rings. The van der Waals surface area contributed by atoms with Gasteiger partial charge in [-0.15, -0.1) is 0 Å². The average molecular weight is 384 g/mol. The SMILES string of the molecule is C[C@H](C(=O)NC[C@@H]1CCCO1)n1nc(-c2ccccc2)c2cc(Cl)ccc21. The Kier molecular flexibility index (Phi) is 5.14. The minimum atomic E-state index is -0.437. The van der Waals surface area contributed by atoms with Crippen molar-refractivity contribution in [1.29, 1.82) is 0 Å². The van der Waals surface area contributed by atoms with Crippen molar-refractivity contribution in [2.45, 2.75) is 31.9 Å². The van der Waals surface area contributed by atoms with Gasteiger partial charge in [-0.3, -0.25) is 9.48 Å². The first-order valence-corrected chi connectivity index (χ1v) is 9.64. The van der Waals surface area contributed by atoms with Gasteiger partial charge in [0.05, 0.1) is 11.6 Å². The molecule has 0 spiro atoms. The molecule has 1 saturated heterocycles. The van der Waals surface area contributed by atoms with E-state index in [-0.39, 0.29) is 12.0 Å². The maximum absolute atomic E-state index is 12.7. The van der Waals surface area contributed by atoms with Gasteiger partial charge in [0.2, 0.25) is 5.91 Å². The Morgan fingerprint density at radius 2 is 2.15 bits per heavy atom. The summed E-state index contributed by atoms with van der Waals surface area (Å²) in [6, 6.07) is 15.1. The van der Waals surface area contributed by atoms with Crippen LogP contribution in [0.15, 0.2) is 48.5 Å². The summed E-state index contributed by atoms with van der Waals surface area (Å²) in [7, 11) is 0. The molecule has 2 aromatic carbocycles. The van der Waals surface area contributed by atoms with Gasteiger partial charge in [0.1, 0.15) is 11.7 Å². The van der Waals surface area contributed by atoms with Crippen molar-refractivity contribution in [1.82, 2.24) is 15.1 Å². The summed E-state index contributed by atoms with van der Waals surface area (Å²) in [5.41, 5.74) is 2.71. The Hall–Kier alpha value is -2.37. The number of nitrogens with one attached hydrogen (secondary N) is 1. The quantitative estimate of drug-likeness (QED) is 0.717. The average Bonchev–Trinajstić information content (AvgIpc) is 3.33. The molecule has 1 amide bonds. The predicted molar refractivity (Wildman–Crippen MR) is 107 cm³/mol. The molecule has 0 aliphatic carbocycles. The van der Waals surface area contributed by atoms with E-state index < -0.39 is 6.04 Å². The van der Waals surface area contributed by atoms with Gasteiger partial charge in [0, 0.05) is 29.1 Å². The first-order chi connectivity index (χ1) is 13.1. The van der Waals surface area contributed by atoms with Crippen LogP contribution in [0.25, 0.3) is 22.2 Å². The van der Waals surface area contributed by atoms with Crippen LogP contribution < -0.4 is 5.32 Å². The van der Waals surface area contributed by atoms with E-state index in [1.165, 1.54) is 0 Å². The lowest BCUT2D eigenvalue weighted by Gasteiger charge is -2.16. The second-order valence-corrected chi connectivity index (χ2v) is 7.31. The van der Waals surface area contributed by atoms with Crippen LogP contribution in [-0.2, 0) is 9.53 Å². The first-order valence-electron chi connectivity index (χ1n) is 9.26. The Morgan fingerprint density at radius 3 is 2.89 bits per heavy atom. The van der Waals surface area contributed by atoms with Crippen molar-refractivity contribution in [3.63, 3.8) is 0 Å². The molecule has 2 atom stereocenters. The number of hydrogen-bond acceptors (Lipinski definition) is 3. The van der Waals surface area contributed by atoms with E-state index >= 15 is 0 Å². The van der Waals surface area contributed by atoms with Gasteiger partial charge in [-0.25, -0.2) is 0 Å². The number of rotatable bonds is 5. The van der Waals surface area contributed by atoms with Crippen molar-refractivity contribution in [3.05, 3.63) is 53.6 Å². The number of carbonyl (C=O) groups excluding carboxylic acids is 1. The van der Waals surface area contributed by atoms with E-state index in [0.717, 1.165) is 41.6 Å². The summed E-state index contributed by atoms with van der Waals surface area (Å²) < 4.78 is 7.36. The van der Waals surface area contributed by atoms with Crippen molar-refractivity contribution < 1.29 is 9.53 Å². The molecule has 3 aromatic rings. The maximum Gasteiger partial charge on any atom is 0.244 e. The summed E-state index contributed by atoms with van der Waals surface area (Å²) in [6.45, 7) is 3.18. The second kappa shape index (κ2) is 7.71. The molecule has 6 heteroatoms. The number of benzene rings is 2. The number of amides is 1. The van der Waals surface area contributed by atoms with Crippen LogP contribution in [0.5, 0.6) is 0 Å². The van der Waals surface area contributed by atoms with Gasteiger partial charge in [0.25, 0.3) is 0 Å². The summed E-state index contributed by atoms with van der Waals surface area (Å²) >= 11 is 6.22. The van der Waals surface area contributed by atoms with Crippen LogP contribution >= 0.6 is 11.6 Å². The molecule has 140 valence electrons. The predicted octanol–water partition coefficient (Wildman–Crippen LogP) is 4.21. The molecule has 1 N–H and O–H groups in total. The highest BCUT2D eigenvalue weighted by Crippen LogP contribution is 2.31. The van der Waals surface area contributed by atoms with E-state index in [1.54, 1.807) is 4.68 Å². The van der Waals surface area contributed by atoms with Gasteiger partial charge < -0.3 is 10.1 Å². The van der Waals surface area contributed by atoms with E-state index in [4.69, 9.17) is 21.4 Å². The summed E-state index contributed by atoms with van der Waals surface area (Å²) in [4.78, 5) is 12.7. The fourth-order valence-corrected chi connectivity index (χ4v) is 3.67. The van der Waals surface area contributed by atoms with E-state index in [1.807, 2.05) is 55.5 Å². The van der Waals surface area contributed by atoms with Gasteiger partial charge >= 0.3 is 0 Å². The van der Waals surface area contributed by atoms with Gasteiger partial charge in [-0.2, -0.15) is 5.10 Å². The Labute approximate surface area is 163 Å². The van der Waals surface area contributed by atoms with E-state index in [9.17, 15) is 4.79 Å². The number of aromatic nitrogens is 2. The number of fused-ring (bicyclic) bond motifs is 1. The lowest BCUT2D eigenvalue weighted by atomic mass is 10.1. The molecular weight excluding hydrogens is 362 g/mol. The number of ether oxygens (including phenoxy) is 1. The number of nitrogens with zero attached hydrogens (tertiary/aromatic N) is 2. The molecule has 0 unspecified atom stereocenters. The molecule has 4 rings (SSSR count). The van der Waals surface area contributed by atoms with Crippen molar-refractivity contribution >= 4 is 28.4 Å². The monoisotopic (exact) mass is 383 g/mol. The van der Waals surface area contributed by atoms with Crippen LogP contribution in [0.2, 0.25) is 5.02 Å². The minimum Gasteiger partial charge on any atom is -0.376 e. The third-order valence-electron chi connectivity index (χ3n) is 4.99. The van der Waals surface area contributed by atoms with Gasteiger partial charge in [-0.1, -0.05) is 41.9 Å². The molecule has 2 heterocycles. The lowest BCUT2D eigenvalue weighted by Crippen LogP contribution is -2.36. The summed E-state index contributed by atoms with van der Waals surface area (Å²) in [5, 5.41) is 9.35. The van der Waals surface area contributed by atoms with Crippen molar-refractivity contribution in [2.24, 2.45) is 0 Å². The Morgan fingerprint density at radius 1 is 1.33 bits per heavy atom. The maximum atomic E-state index is 12.7. The summed E-state index contributed by atoms with van der Waals surface area (Å²) in [6.07, 6.45) is 2.17. The Bertz CT molecular complexity index is 949. The van der Waals surface area contributed by atoms with Crippen LogP contribution in [-0.4, -0.2) is 34.9 Å². The third kappa shape index (κ3) is 3.70. The van der Waals surface area contributed by atoms with Crippen LogP contribution in [0.1, 0.15) is 25.8 Å². The highest BCUT2D eigenvalue weighted by molar-refractivity contribution is 6.31. The fourth-order valence-electron chi connectivity index (χ4n) is 3.50. The van der Waals surface area contributed by atoms with Crippen molar-refractivity contribution in [2.75, 3.05) is 13.2 Å². The topological polar surface area (TPSA) is 56.1 Å². The molecule has 0 bridgehead atoms. The highest BCUT2D eigenvalue weighted by Gasteiger charge is 2.23. The molecule has 0 saturated carbocycles. The minimum absolute atomic E-state index is 0.0653. The smallest absolute Gasteiger partial charge is 0.244 e. The zero-order valence-electron chi connectivity index (χ0n) is 15.2.